The van der Waals surface area contributed by atoms with Crippen molar-refractivity contribution in [2.24, 2.45) is 17.8 Å². The maximum absolute atomic E-state index is 12.6. The molecule has 0 aromatic rings. The number of hydrogen-bond acceptors (Lipinski definition) is 6. The summed E-state index contributed by atoms with van der Waals surface area (Å²) in [5, 5.41) is 42.5. The number of amides is 1. The Labute approximate surface area is 160 Å². The zero-order chi connectivity index (χ0) is 19.2. The van der Waals surface area contributed by atoms with Gasteiger partial charge in [-0.25, -0.2) is 0 Å². The van der Waals surface area contributed by atoms with Gasteiger partial charge >= 0.3 is 0 Å². The molecule has 154 valence electrons. The summed E-state index contributed by atoms with van der Waals surface area (Å²) >= 11 is 0. The number of carbonyl (C=O) groups excluding carboxylic acids is 1. The maximum Gasteiger partial charge on any atom is 0.220 e. The van der Waals surface area contributed by atoms with Gasteiger partial charge in [-0.15, -0.1) is 0 Å². The van der Waals surface area contributed by atoms with E-state index < -0.39 is 24.3 Å². The highest BCUT2D eigenvalue weighted by molar-refractivity contribution is 5.76. The van der Waals surface area contributed by atoms with Crippen LogP contribution in [-0.4, -0.2) is 80.8 Å². The molecule has 1 saturated heterocycles. The molecule has 4 bridgehead atoms. The first-order valence-electron chi connectivity index (χ1n) is 10.6. The van der Waals surface area contributed by atoms with E-state index in [0.717, 1.165) is 37.0 Å². The third-order valence-corrected chi connectivity index (χ3v) is 7.63. The van der Waals surface area contributed by atoms with E-state index in [1.807, 2.05) is 0 Å². The van der Waals surface area contributed by atoms with E-state index in [4.69, 9.17) is 0 Å². The van der Waals surface area contributed by atoms with Gasteiger partial charge in [0.05, 0.1) is 37.5 Å². The third kappa shape index (κ3) is 3.65. The van der Waals surface area contributed by atoms with Gasteiger partial charge in [-0.1, -0.05) is 0 Å². The van der Waals surface area contributed by atoms with Crippen LogP contribution in [0.5, 0.6) is 0 Å². The zero-order valence-electron chi connectivity index (χ0n) is 16.0. The largest absolute Gasteiger partial charge is 0.395 e. The zero-order valence-corrected chi connectivity index (χ0v) is 16.0. The summed E-state index contributed by atoms with van der Waals surface area (Å²) in [6, 6.07) is -1.19. The van der Waals surface area contributed by atoms with Crippen LogP contribution in [0.1, 0.15) is 51.4 Å². The summed E-state index contributed by atoms with van der Waals surface area (Å²) in [6.45, 7) is -0.110. The molecule has 1 heterocycles. The maximum atomic E-state index is 12.6. The van der Waals surface area contributed by atoms with Gasteiger partial charge in [-0.2, -0.15) is 0 Å². The second-order valence-corrected chi connectivity index (χ2v) is 9.57. The van der Waals surface area contributed by atoms with Gasteiger partial charge in [0, 0.05) is 12.0 Å². The van der Waals surface area contributed by atoms with Gasteiger partial charge in [0.1, 0.15) is 0 Å². The highest BCUT2D eigenvalue weighted by atomic mass is 16.3. The SMILES string of the molecule is O=C(CCCN1[C@H](CO)[C@@H](O)[C@H](O)[C@@H]1CO)NC12CC3CC(CC(C3)C1)C2. The van der Waals surface area contributed by atoms with E-state index in [-0.39, 0.29) is 24.7 Å². The smallest absolute Gasteiger partial charge is 0.220 e. The number of aliphatic hydroxyl groups is 4. The molecule has 5 fully saturated rings. The van der Waals surface area contributed by atoms with Crippen molar-refractivity contribution in [3.05, 3.63) is 0 Å². The van der Waals surface area contributed by atoms with Crippen LogP contribution >= 0.6 is 0 Å². The molecule has 1 aliphatic heterocycles. The van der Waals surface area contributed by atoms with Crippen molar-refractivity contribution in [3.63, 3.8) is 0 Å². The van der Waals surface area contributed by atoms with Crippen molar-refractivity contribution in [2.75, 3.05) is 19.8 Å². The fraction of sp³-hybridized carbons (Fsp3) is 0.950. The summed E-state index contributed by atoms with van der Waals surface area (Å²) < 4.78 is 0. The molecule has 0 spiro atoms. The fourth-order valence-electron chi connectivity index (χ4n) is 6.90. The van der Waals surface area contributed by atoms with Crippen LogP contribution in [0, 0.1) is 17.8 Å². The third-order valence-electron chi connectivity index (χ3n) is 7.63. The first-order valence-corrected chi connectivity index (χ1v) is 10.6. The highest BCUT2D eigenvalue weighted by Crippen LogP contribution is 2.55. The normalized spacial score (nSPS) is 46.1. The molecule has 0 unspecified atom stereocenters. The van der Waals surface area contributed by atoms with Crippen LogP contribution in [0.4, 0.5) is 0 Å². The lowest BCUT2D eigenvalue weighted by atomic mass is 9.53. The number of carbonyl (C=O) groups is 1. The standard InChI is InChI=1S/C20H34N2O5/c23-10-15-18(26)19(27)16(11-24)22(15)3-1-2-17(25)21-20-7-12-4-13(8-20)6-14(5-12)9-20/h12-16,18-19,23-24,26-27H,1-11H2,(H,21,25)/t12?,13?,14?,15-,16+,18-,19-,20?/m1/s1. The molecule has 1 amide bonds. The minimum atomic E-state index is -1.08. The van der Waals surface area contributed by atoms with Crippen molar-refractivity contribution < 1.29 is 25.2 Å². The first kappa shape index (κ1) is 19.6. The minimum absolute atomic E-state index is 0.0210. The molecule has 7 nitrogen and oxygen atoms in total. The number of nitrogens with one attached hydrogen (secondary N) is 1. The second-order valence-electron chi connectivity index (χ2n) is 9.57. The van der Waals surface area contributed by atoms with Crippen LogP contribution in [0.15, 0.2) is 0 Å². The predicted molar refractivity (Wildman–Crippen MR) is 98.7 cm³/mol. The lowest BCUT2D eigenvalue weighted by Crippen LogP contribution is -2.59. The van der Waals surface area contributed by atoms with Gasteiger partial charge in [-0.3, -0.25) is 9.69 Å². The van der Waals surface area contributed by atoms with Crippen LogP contribution in [0.2, 0.25) is 0 Å². The van der Waals surface area contributed by atoms with Crippen LogP contribution in [0.25, 0.3) is 0 Å². The Bertz CT molecular complexity index is 505. The molecule has 4 aliphatic carbocycles. The Morgan fingerprint density at radius 1 is 0.926 bits per heavy atom. The lowest BCUT2D eigenvalue weighted by Gasteiger charge is -2.57. The molecule has 4 atom stereocenters. The number of aliphatic hydroxyl groups excluding tert-OH is 4. The van der Waals surface area contributed by atoms with Crippen molar-refractivity contribution >= 4 is 5.91 Å². The quantitative estimate of drug-likeness (QED) is 0.410. The Morgan fingerprint density at radius 3 is 1.85 bits per heavy atom. The van der Waals surface area contributed by atoms with E-state index >= 15 is 0 Å². The molecule has 5 aliphatic rings. The molecule has 7 heteroatoms. The molecular formula is C20H34N2O5. The number of hydrogen-bond donors (Lipinski definition) is 5. The average Bonchev–Trinajstić information content (AvgIpc) is 2.83. The van der Waals surface area contributed by atoms with E-state index in [1.54, 1.807) is 4.90 Å². The minimum Gasteiger partial charge on any atom is -0.395 e. The Kier molecular flexibility index (Phi) is 5.51. The molecule has 0 aromatic carbocycles. The Morgan fingerprint density at radius 2 is 1.41 bits per heavy atom. The number of rotatable bonds is 7. The highest BCUT2D eigenvalue weighted by Gasteiger charge is 2.51. The van der Waals surface area contributed by atoms with Crippen molar-refractivity contribution in [3.8, 4) is 0 Å². The summed E-state index contributed by atoms with van der Waals surface area (Å²) in [4.78, 5) is 14.3. The number of likely N-dealkylation sites (tertiary alicyclic amines) is 1. The summed E-state index contributed by atoms with van der Waals surface area (Å²) in [6.07, 6.45) is 6.25. The summed E-state index contributed by atoms with van der Waals surface area (Å²) in [5.74, 6) is 2.46. The van der Waals surface area contributed by atoms with Crippen LogP contribution < -0.4 is 5.32 Å². The summed E-state index contributed by atoms with van der Waals surface area (Å²) in [5.41, 5.74) is 0.0210. The van der Waals surface area contributed by atoms with E-state index in [0.29, 0.717) is 19.4 Å². The van der Waals surface area contributed by atoms with E-state index in [2.05, 4.69) is 5.32 Å². The average molecular weight is 383 g/mol. The summed E-state index contributed by atoms with van der Waals surface area (Å²) in [7, 11) is 0. The molecule has 5 N–H and O–H groups in total. The van der Waals surface area contributed by atoms with Crippen molar-refractivity contribution in [1.82, 2.24) is 10.2 Å². The fourth-order valence-corrected chi connectivity index (χ4v) is 6.90. The van der Waals surface area contributed by atoms with Gasteiger partial charge in [0.25, 0.3) is 0 Å². The lowest BCUT2D eigenvalue weighted by molar-refractivity contribution is -0.127. The van der Waals surface area contributed by atoms with Crippen LogP contribution in [-0.2, 0) is 4.79 Å². The monoisotopic (exact) mass is 382 g/mol. The first-order chi connectivity index (χ1) is 12.9. The molecule has 5 rings (SSSR count). The van der Waals surface area contributed by atoms with Crippen molar-refractivity contribution in [2.45, 2.75) is 81.2 Å². The molecule has 0 radical (unpaired) electrons. The Balaban J connectivity index is 1.28. The van der Waals surface area contributed by atoms with Crippen molar-refractivity contribution in [1.29, 1.82) is 0 Å². The Hall–Kier alpha value is -0.730. The van der Waals surface area contributed by atoms with Gasteiger partial charge < -0.3 is 25.7 Å². The van der Waals surface area contributed by atoms with Gasteiger partial charge in [0.15, 0.2) is 0 Å². The van der Waals surface area contributed by atoms with E-state index in [9.17, 15) is 25.2 Å². The topological polar surface area (TPSA) is 113 Å². The molecule has 4 saturated carbocycles. The number of nitrogens with zero attached hydrogens (tertiary/aromatic N) is 1. The van der Waals surface area contributed by atoms with E-state index in [1.165, 1.54) is 19.3 Å². The van der Waals surface area contributed by atoms with Gasteiger partial charge in [0.2, 0.25) is 5.91 Å². The van der Waals surface area contributed by atoms with Crippen LogP contribution in [0.3, 0.4) is 0 Å². The van der Waals surface area contributed by atoms with Gasteiger partial charge in [-0.05, 0) is 69.2 Å². The predicted octanol–water partition coefficient (Wildman–Crippen LogP) is -0.389. The second kappa shape index (κ2) is 7.59. The molecule has 0 aromatic heterocycles. The molecular weight excluding hydrogens is 348 g/mol. The molecule has 27 heavy (non-hydrogen) atoms.